The van der Waals surface area contributed by atoms with Crippen LogP contribution in [0.25, 0.3) is 10.8 Å². The van der Waals surface area contributed by atoms with Crippen LogP contribution in [0.2, 0.25) is 0 Å². The zero-order valence-corrected chi connectivity index (χ0v) is 15.1. The van der Waals surface area contributed by atoms with Crippen LogP contribution >= 0.6 is 0 Å². The van der Waals surface area contributed by atoms with Gasteiger partial charge in [0, 0.05) is 18.0 Å². The molecular weight excluding hydrogens is 397 g/mol. The highest BCUT2D eigenvalue weighted by atomic mass is 19.3. The average molecular weight is 411 g/mol. The standard InChI is InChI=1S/C19H14F5N3O2/c1-8(16-10-6-14(21)15(22)7-11(10)18(28)26-25-16)27(2)19(29)9-3-4-13(20)12(5-9)17(23)24/h3-8,17H,1-2H3,(H,26,28)/t8-/m0/s1. The zero-order valence-electron chi connectivity index (χ0n) is 15.1. The van der Waals surface area contributed by atoms with Crippen LogP contribution in [-0.2, 0) is 0 Å². The van der Waals surface area contributed by atoms with Gasteiger partial charge in [-0.1, -0.05) is 0 Å². The highest BCUT2D eigenvalue weighted by Crippen LogP contribution is 2.28. The minimum Gasteiger partial charge on any atom is -0.333 e. The van der Waals surface area contributed by atoms with Crippen molar-refractivity contribution >= 4 is 16.7 Å². The maximum absolute atomic E-state index is 13.7. The minimum atomic E-state index is -3.10. The van der Waals surface area contributed by atoms with E-state index in [4.69, 9.17) is 0 Å². The van der Waals surface area contributed by atoms with Crippen molar-refractivity contribution in [2.45, 2.75) is 19.4 Å². The Hall–Kier alpha value is -3.30. The van der Waals surface area contributed by atoms with Crippen molar-refractivity contribution < 1.29 is 26.7 Å². The van der Waals surface area contributed by atoms with Crippen molar-refractivity contribution in [3.05, 3.63) is 75.0 Å². The lowest BCUT2D eigenvalue weighted by atomic mass is 10.0. The van der Waals surface area contributed by atoms with Gasteiger partial charge in [0.15, 0.2) is 11.6 Å². The molecule has 1 heterocycles. The van der Waals surface area contributed by atoms with Gasteiger partial charge in [-0.15, -0.1) is 0 Å². The summed E-state index contributed by atoms with van der Waals surface area (Å²) in [6.45, 7) is 1.50. The third-order valence-corrected chi connectivity index (χ3v) is 4.63. The van der Waals surface area contributed by atoms with Gasteiger partial charge in [0.1, 0.15) is 5.82 Å². The summed E-state index contributed by atoms with van der Waals surface area (Å²) in [4.78, 5) is 25.7. The van der Waals surface area contributed by atoms with E-state index in [1.807, 2.05) is 0 Å². The van der Waals surface area contributed by atoms with E-state index < -0.39 is 46.9 Å². The molecule has 0 spiro atoms. The third-order valence-electron chi connectivity index (χ3n) is 4.63. The molecule has 3 rings (SSSR count). The van der Waals surface area contributed by atoms with E-state index in [-0.39, 0.29) is 22.0 Å². The number of nitrogens with zero attached hydrogens (tertiary/aromatic N) is 2. The third kappa shape index (κ3) is 3.69. The Morgan fingerprint density at radius 1 is 1.03 bits per heavy atom. The molecule has 2 aromatic carbocycles. The summed E-state index contributed by atoms with van der Waals surface area (Å²) in [5, 5.41) is 5.82. The van der Waals surface area contributed by atoms with E-state index in [0.29, 0.717) is 0 Å². The summed E-state index contributed by atoms with van der Waals surface area (Å²) in [6.07, 6.45) is -3.10. The van der Waals surface area contributed by atoms with Crippen molar-refractivity contribution in [1.29, 1.82) is 0 Å². The fourth-order valence-electron chi connectivity index (χ4n) is 2.90. The maximum atomic E-state index is 13.7. The number of carbonyl (C=O) groups excluding carboxylic acids is 1. The Morgan fingerprint density at radius 2 is 1.66 bits per heavy atom. The molecular formula is C19H14F5N3O2. The monoisotopic (exact) mass is 411 g/mol. The first kappa shape index (κ1) is 20.4. The van der Waals surface area contributed by atoms with E-state index in [1.165, 1.54) is 14.0 Å². The number of fused-ring (bicyclic) bond motifs is 1. The lowest BCUT2D eigenvalue weighted by Gasteiger charge is -2.25. The maximum Gasteiger partial charge on any atom is 0.272 e. The molecule has 10 heteroatoms. The second-order valence-corrected chi connectivity index (χ2v) is 6.38. The van der Waals surface area contributed by atoms with Crippen LogP contribution in [0.15, 0.2) is 35.1 Å². The number of H-pyrrole nitrogens is 1. The molecule has 3 aromatic rings. The van der Waals surface area contributed by atoms with Crippen LogP contribution in [0.1, 0.15) is 41.0 Å². The molecule has 0 bridgehead atoms. The van der Waals surface area contributed by atoms with E-state index in [9.17, 15) is 31.5 Å². The number of hydrogen-bond acceptors (Lipinski definition) is 3. The summed E-state index contributed by atoms with van der Waals surface area (Å²) < 4.78 is 66.5. The summed E-state index contributed by atoms with van der Waals surface area (Å²) in [5.41, 5.74) is -1.79. The molecule has 0 aliphatic rings. The smallest absolute Gasteiger partial charge is 0.272 e. The molecule has 5 nitrogen and oxygen atoms in total. The van der Waals surface area contributed by atoms with E-state index in [1.54, 1.807) is 0 Å². The molecule has 1 aromatic heterocycles. The second-order valence-electron chi connectivity index (χ2n) is 6.38. The molecule has 0 aliphatic carbocycles. The van der Waals surface area contributed by atoms with Crippen molar-refractivity contribution in [1.82, 2.24) is 15.1 Å². The highest BCUT2D eigenvalue weighted by Gasteiger charge is 2.25. The molecule has 0 fully saturated rings. The second kappa shape index (κ2) is 7.61. The van der Waals surface area contributed by atoms with Gasteiger partial charge in [0.25, 0.3) is 17.9 Å². The van der Waals surface area contributed by atoms with Crippen LogP contribution in [0, 0.1) is 17.5 Å². The fraction of sp³-hybridized carbons (Fsp3) is 0.211. The average Bonchev–Trinajstić information content (AvgIpc) is 2.68. The Kier molecular flexibility index (Phi) is 5.36. The van der Waals surface area contributed by atoms with Gasteiger partial charge in [-0.3, -0.25) is 9.59 Å². The Bertz CT molecular complexity index is 1160. The van der Waals surface area contributed by atoms with E-state index in [0.717, 1.165) is 35.2 Å². The van der Waals surface area contributed by atoms with Gasteiger partial charge in [-0.25, -0.2) is 27.1 Å². The van der Waals surface area contributed by atoms with Crippen LogP contribution in [0.5, 0.6) is 0 Å². The summed E-state index contributed by atoms with van der Waals surface area (Å²) in [5.74, 6) is -4.29. The normalized spacial score (nSPS) is 12.4. The lowest BCUT2D eigenvalue weighted by Crippen LogP contribution is -2.31. The van der Waals surface area contributed by atoms with Crippen LogP contribution in [0.4, 0.5) is 22.0 Å². The predicted octanol–water partition coefficient (Wildman–Crippen LogP) is 4.11. The summed E-state index contributed by atoms with van der Waals surface area (Å²) >= 11 is 0. The topological polar surface area (TPSA) is 66.1 Å². The first-order valence-corrected chi connectivity index (χ1v) is 8.34. The van der Waals surface area contributed by atoms with Gasteiger partial charge in [0.05, 0.1) is 22.7 Å². The van der Waals surface area contributed by atoms with Crippen LogP contribution in [-0.4, -0.2) is 28.1 Å². The fourth-order valence-corrected chi connectivity index (χ4v) is 2.90. The SMILES string of the molecule is C[C@@H](c1n[nH]c(=O)c2cc(F)c(F)cc12)N(C)C(=O)c1ccc(F)c(C(F)F)c1. The van der Waals surface area contributed by atoms with E-state index >= 15 is 0 Å². The van der Waals surface area contributed by atoms with Crippen molar-refractivity contribution in [2.75, 3.05) is 7.05 Å². The van der Waals surface area contributed by atoms with E-state index in [2.05, 4.69) is 10.2 Å². The molecule has 29 heavy (non-hydrogen) atoms. The molecule has 152 valence electrons. The molecule has 1 N–H and O–H groups in total. The summed E-state index contributed by atoms with van der Waals surface area (Å²) in [7, 11) is 1.33. The van der Waals surface area contributed by atoms with Gasteiger partial charge in [-0.2, -0.15) is 5.10 Å². The largest absolute Gasteiger partial charge is 0.333 e. The molecule has 0 unspecified atom stereocenters. The van der Waals surface area contributed by atoms with Crippen molar-refractivity contribution in [3.63, 3.8) is 0 Å². The number of hydrogen-bond donors (Lipinski definition) is 1. The van der Waals surface area contributed by atoms with Gasteiger partial charge in [-0.05, 0) is 37.3 Å². The number of nitrogens with one attached hydrogen (secondary N) is 1. The predicted molar refractivity (Wildman–Crippen MR) is 94.1 cm³/mol. The Morgan fingerprint density at radius 3 is 2.28 bits per heavy atom. The minimum absolute atomic E-state index is 0.00724. The van der Waals surface area contributed by atoms with Crippen molar-refractivity contribution in [2.24, 2.45) is 0 Å². The lowest BCUT2D eigenvalue weighted by molar-refractivity contribution is 0.0739. The number of rotatable bonds is 4. The highest BCUT2D eigenvalue weighted by molar-refractivity contribution is 5.95. The van der Waals surface area contributed by atoms with Gasteiger partial charge < -0.3 is 4.90 Å². The van der Waals surface area contributed by atoms with Crippen LogP contribution < -0.4 is 5.56 Å². The molecule has 0 saturated heterocycles. The van der Waals surface area contributed by atoms with Crippen LogP contribution in [0.3, 0.4) is 0 Å². The number of benzene rings is 2. The molecule has 1 amide bonds. The van der Waals surface area contributed by atoms with Gasteiger partial charge >= 0.3 is 0 Å². The molecule has 0 radical (unpaired) electrons. The molecule has 0 aliphatic heterocycles. The van der Waals surface area contributed by atoms with Gasteiger partial charge in [0.2, 0.25) is 0 Å². The molecule has 0 saturated carbocycles. The first-order valence-electron chi connectivity index (χ1n) is 8.34. The number of aromatic nitrogens is 2. The Balaban J connectivity index is 2.03. The number of alkyl halides is 2. The first-order chi connectivity index (χ1) is 13.6. The zero-order chi connectivity index (χ0) is 21.5. The number of amides is 1. The quantitative estimate of drug-likeness (QED) is 0.657. The Labute approximate surface area is 160 Å². The number of aromatic amines is 1. The number of carbonyl (C=O) groups is 1. The summed E-state index contributed by atoms with van der Waals surface area (Å²) in [6, 6.07) is 3.21. The molecule has 1 atom stereocenters. The number of halogens is 5. The van der Waals surface area contributed by atoms with Crippen molar-refractivity contribution in [3.8, 4) is 0 Å².